The lowest BCUT2D eigenvalue weighted by atomic mass is 10.0. The first kappa shape index (κ1) is 71.4. The Hall–Kier alpha value is -2.63. The molecular weight excluding hydrogens is 913 g/mol. The minimum Gasteiger partial charge on any atom is -0.462 e. The molecule has 0 fully saturated rings. The van der Waals surface area contributed by atoms with E-state index in [0.717, 1.165) is 77.0 Å². The van der Waals surface area contributed by atoms with Crippen LogP contribution in [0.5, 0.6) is 0 Å². The molecule has 1 unspecified atom stereocenters. The summed E-state index contributed by atoms with van der Waals surface area (Å²) in [4.78, 5) is 38.2. The van der Waals surface area contributed by atoms with Gasteiger partial charge in [0.1, 0.15) is 13.2 Å². The third-order valence-corrected chi connectivity index (χ3v) is 14.6. The topological polar surface area (TPSA) is 78.9 Å². The smallest absolute Gasteiger partial charge is 0.306 e. The first-order chi connectivity index (χ1) is 36.5. The maximum atomic E-state index is 12.9. The third kappa shape index (κ3) is 60.2. The van der Waals surface area contributed by atoms with E-state index in [-0.39, 0.29) is 37.5 Å². The molecule has 0 amide bonds. The van der Waals surface area contributed by atoms with E-state index < -0.39 is 6.10 Å². The summed E-state index contributed by atoms with van der Waals surface area (Å²) in [6, 6.07) is 0. The van der Waals surface area contributed by atoms with Gasteiger partial charge in [-0.2, -0.15) is 0 Å². The number of esters is 3. The Labute approximate surface area is 460 Å². The van der Waals surface area contributed by atoms with Gasteiger partial charge in [-0.05, 0) is 57.8 Å². The number of carbonyl (C=O) groups excluding carboxylic acids is 3. The van der Waals surface area contributed by atoms with Crippen molar-refractivity contribution in [2.45, 2.75) is 354 Å². The van der Waals surface area contributed by atoms with Crippen molar-refractivity contribution in [3.8, 4) is 0 Å². The SMILES string of the molecule is CC/C=C\C/C=C\C/C=C\C/C=C\CCCCC(=O)OC(COC(=O)CCCCCCCCCCCCCCCC)COC(=O)CCCCCCCCCCCCCCCCCCCCCCCCCCCCC. The predicted molar refractivity (Wildman–Crippen MR) is 321 cm³/mol. The normalized spacial score (nSPS) is 12.3. The predicted octanol–water partition coefficient (Wildman–Crippen LogP) is 22.2. The third-order valence-electron chi connectivity index (χ3n) is 14.6. The molecule has 74 heavy (non-hydrogen) atoms. The number of allylic oxidation sites excluding steroid dienone is 8. The molecule has 0 aromatic carbocycles. The maximum Gasteiger partial charge on any atom is 0.306 e. The number of hydrogen-bond donors (Lipinski definition) is 0. The highest BCUT2D eigenvalue weighted by Crippen LogP contribution is 2.18. The minimum atomic E-state index is -0.792. The fourth-order valence-corrected chi connectivity index (χ4v) is 9.73. The number of carbonyl (C=O) groups is 3. The molecule has 0 aliphatic heterocycles. The fourth-order valence-electron chi connectivity index (χ4n) is 9.73. The number of rotatable bonds is 60. The van der Waals surface area contributed by atoms with Gasteiger partial charge in [0.05, 0.1) is 0 Å². The van der Waals surface area contributed by atoms with Crippen LogP contribution in [0.1, 0.15) is 348 Å². The highest BCUT2D eigenvalue weighted by Gasteiger charge is 2.19. The largest absolute Gasteiger partial charge is 0.462 e. The van der Waals surface area contributed by atoms with Crippen molar-refractivity contribution in [3.63, 3.8) is 0 Å². The Morgan fingerprint density at radius 3 is 0.824 bits per heavy atom. The first-order valence-corrected chi connectivity index (χ1v) is 32.6. The Morgan fingerprint density at radius 1 is 0.284 bits per heavy atom. The van der Waals surface area contributed by atoms with E-state index in [1.54, 1.807) is 0 Å². The molecule has 0 aliphatic rings. The zero-order chi connectivity index (χ0) is 53.6. The number of ether oxygens (including phenoxy) is 3. The summed E-state index contributed by atoms with van der Waals surface area (Å²) in [6.07, 6.45) is 78.6. The zero-order valence-corrected chi connectivity index (χ0v) is 49.6. The van der Waals surface area contributed by atoms with E-state index >= 15 is 0 Å². The van der Waals surface area contributed by atoms with Crippen molar-refractivity contribution in [2.75, 3.05) is 13.2 Å². The highest BCUT2D eigenvalue weighted by atomic mass is 16.6. The average Bonchev–Trinajstić information content (AvgIpc) is 3.40. The zero-order valence-electron chi connectivity index (χ0n) is 49.6. The van der Waals surface area contributed by atoms with Crippen molar-refractivity contribution >= 4 is 17.9 Å². The summed E-state index contributed by atoms with van der Waals surface area (Å²) >= 11 is 0. The summed E-state index contributed by atoms with van der Waals surface area (Å²) in [5.74, 6) is -0.905. The molecule has 0 saturated carbocycles. The Balaban J connectivity index is 4.22. The molecule has 0 aromatic rings. The summed E-state index contributed by atoms with van der Waals surface area (Å²) in [5, 5.41) is 0. The van der Waals surface area contributed by atoms with Crippen molar-refractivity contribution in [3.05, 3.63) is 48.6 Å². The van der Waals surface area contributed by atoms with Gasteiger partial charge in [0.25, 0.3) is 0 Å². The van der Waals surface area contributed by atoms with Gasteiger partial charge >= 0.3 is 17.9 Å². The second-order valence-electron chi connectivity index (χ2n) is 22.0. The quantitative estimate of drug-likeness (QED) is 0.0261. The fraction of sp³-hybridized carbons (Fsp3) is 0.838. The Morgan fingerprint density at radius 2 is 0.527 bits per heavy atom. The van der Waals surface area contributed by atoms with E-state index in [2.05, 4.69) is 69.4 Å². The lowest BCUT2D eigenvalue weighted by molar-refractivity contribution is -0.167. The molecule has 0 aromatic heterocycles. The number of unbranched alkanes of at least 4 members (excludes halogenated alkanes) is 41. The van der Waals surface area contributed by atoms with Gasteiger partial charge in [0.2, 0.25) is 0 Å². The van der Waals surface area contributed by atoms with Crippen molar-refractivity contribution in [1.82, 2.24) is 0 Å². The molecule has 0 saturated heterocycles. The summed E-state index contributed by atoms with van der Waals surface area (Å²) in [5.41, 5.74) is 0. The van der Waals surface area contributed by atoms with Gasteiger partial charge in [0.15, 0.2) is 6.10 Å². The van der Waals surface area contributed by atoms with Crippen molar-refractivity contribution in [1.29, 1.82) is 0 Å². The van der Waals surface area contributed by atoms with Crippen LogP contribution in [0.3, 0.4) is 0 Å². The Bertz CT molecular complexity index is 1280. The van der Waals surface area contributed by atoms with E-state index in [0.29, 0.717) is 19.3 Å². The van der Waals surface area contributed by atoms with Crippen molar-refractivity contribution in [2.24, 2.45) is 0 Å². The van der Waals surface area contributed by atoms with Crippen LogP contribution in [0.4, 0.5) is 0 Å². The van der Waals surface area contributed by atoms with E-state index in [4.69, 9.17) is 14.2 Å². The van der Waals surface area contributed by atoms with Gasteiger partial charge in [-0.1, -0.05) is 320 Å². The van der Waals surface area contributed by atoms with Gasteiger partial charge in [-0.25, -0.2) is 0 Å². The van der Waals surface area contributed by atoms with E-state index in [9.17, 15) is 14.4 Å². The molecule has 6 nitrogen and oxygen atoms in total. The molecule has 0 rings (SSSR count). The molecular formula is C68H124O6. The monoisotopic (exact) mass is 1040 g/mol. The van der Waals surface area contributed by atoms with Crippen LogP contribution < -0.4 is 0 Å². The Kier molecular flexibility index (Phi) is 60.7. The minimum absolute atomic E-state index is 0.0851. The molecule has 0 bridgehead atoms. The second kappa shape index (κ2) is 62.9. The van der Waals surface area contributed by atoms with E-state index in [1.807, 2.05) is 0 Å². The second-order valence-corrected chi connectivity index (χ2v) is 22.0. The molecule has 0 radical (unpaired) electrons. The highest BCUT2D eigenvalue weighted by molar-refractivity contribution is 5.71. The molecule has 0 heterocycles. The molecule has 0 N–H and O–H groups in total. The molecule has 1 atom stereocenters. The standard InChI is InChI=1S/C68H124O6/c1-4-7-10-13-16-19-22-25-28-29-30-31-32-33-34-35-36-37-38-39-41-43-46-49-52-55-58-61-67(70)73-64-65(63-72-66(69)60-57-54-51-48-45-42-27-24-21-18-15-12-9-6-3)74-68(71)62-59-56-53-50-47-44-40-26-23-20-17-14-11-8-5-2/h8,11,17,20,26,40,47,50,65H,4-7,9-10,12-16,18-19,21-25,27-39,41-46,48-49,51-64H2,1-3H3/b11-8-,20-17-,40-26-,50-47-. The first-order valence-electron chi connectivity index (χ1n) is 32.6. The molecule has 0 aliphatic carbocycles. The lowest BCUT2D eigenvalue weighted by Gasteiger charge is -2.18. The maximum absolute atomic E-state index is 12.9. The summed E-state index contributed by atoms with van der Waals surface area (Å²) in [6.45, 7) is 6.55. The van der Waals surface area contributed by atoms with Crippen LogP contribution in [0.25, 0.3) is 0 Å². The molecule has 432 valence electrons. The average molecular weight is 1040 g/mol. The number of hydrogen-bond acceptors (Lipinski definition) is 6. The molecule has 0 spiro atoms. The van der Waals surface area contributed by atoms with Crippen LogP contribution in [0.15, 0.2) is 48.6 Å². The lowest BCUT2D eigenvalue weighted by Crippen LogP contribution is -2.30. The van der Waals surface area contributed by atoms with Crippen LogP contribution in [-0.2, 0) is 28.6 Å². The molecule has 6 heteroatoms. The van der Waals surface area contributed by atoms with Gasteiger partial charge < -0.3 is 14.2 Å². The van der Waals surface area contributed by atoms with Crippen LogP contribution >= 0.6 is 0 Å². The summed E-state index contributed by atoms with van der Waals surface area (Å²) in [7, 11) is 0. The summed E-state index contributed by atoms with van der Waals surface area (Å²) < 4.78 is 16.9. The van der Waals surface area contributed by atoms with E-state index in [1.165, 1.54) is 225 Å². The van der Waals surface area contributed by atoms with Gasteiger partial charge in [0, 0.05) is 19.3 Å². The van der Waals surface area contributed by atoms with Crippen molar-refractivity contribution < 1.29 is 28.6 Å². The van der Waals surface area contributed by atoms with Crippen LogP contribution in [0, 0.1) is 0 Å². The van der Waals surface area contributed by atoms with Crippen LogP contribution in [0.2, 0.25) is 0 Å². The van der Waals surface area contributed by atoms with Gasteiger partial charge in [-0.3, -0.25) is 14.4 Å². The van der Waals surface area contributed by atoms with Gasteiger partial charge in [-0.15, -0.1) is 0 Å². The van der Waals surface area contributed by atoms with Crippen LogP contribution in [-0.4, -0.2) is 37.2 Å².